The molecule has 0 N–H and O–H groups in total. The van der Waals surface area contributed by atoms with Gasteiger partial charge in [0.15, 0.2) is 6.10 Å². The van der Waals surface area contributed by atoms with Crippen LogP contribution >= 0.6 is 0 Å². The molecule has 64 heavy (non-hydrogen) atoms. The second-order valence-corrected chi connectivity index (χ2v) is 20.6. The number of hydrogen-bond donors (Lipinski definition) is 0. The molecule has 0 bridgehead atoms. The molecule has 0 heterocycles. The highest BCUT2D eigenvalue weighted by Gasteiger charge is 2.19. The fourth-order valence-corrected chi connectivity index (χ4v) is 8.84. The van der Waals surface area contributed by atoms with Gasteiger partial charge >= 0.3 is 17.9 Å². The van der Waals surface area contributed by atoms with Gasteiger partial charge in [0.2, 0.25) is 0 Å². The molecule has 2 atom stereocenters. The fourth-order valence-electron chi connectivity index (χ4n) is 8.84. The van der Waals surface area contributed by atoms with Gasteiger partial charge < -0.3 is 14.2 Å². The van der Waals surface area contributed by atoms with Crippen LogP contribution < -0.4 is 0 Å². The van der Waals surface area contributed by atoms with Crippen molar-refractivity contribution in [1.82, 2.24) is 0 Å². The van der Waals surface area contributed by atoms with Crippen molar-refractivity contribution in [1.29, 1.82) is 0 Å². The number of esters is 3. The van der Waals surface area contributed by atoms with Crippen LogP contribution in [0.4, 0.5) is 0 Å². The van der Waals surface area contributed by atoms with E-state index in [1.54, 1.807) is 0 Å². The fraction of sp³-hybridized carbons (Fsp3) is 0.948. The molecule has 6 nitrogen and oxygen atoms in total. The lowest BCUT2D eigenvalue weighted by atomic mass is 9.99. The molecule has 0 aromatic heterocycles. The van der Waals surface area contributed by atoms with Crippen molar-refractivity contribution in [2.24, 2.45) is 11.8 Å². The number of rotatable bonds is 52. The summed E-state index contributed by atoms with van der Waals surface area (Å²) >= 11 is 0. The lowest BCUT2D eigenvalue weighted by Crippen LogP contribution is -2.30. The Morgan fingerprint density at radius 2 is 0.594 bits per heavy atom. The molecule has 6 heteroatoms. The van der Waals surface area contributed by atoms with Gasteiger partial charge in [-0.15, -0.1) is 0 Å². The zero-order valence-corrected chi connectivity index (χ0v) is 43.9. The molecule has 1 unspecified atom stereocenters. The van der Waals surface area contributed by atoms with Crippen molar-refractivity contribution in [3.05, 3.63) is 0 Å². The summed E-state index contributed by atoms with van der Waals surface area (Å²) in [4.78, 5) is 38.0. The minimum atomic E-state index is -0.763. The Labute approximate surface area is 399 Å². The molecular weight excluding hydrogens is 793 g/mol. The van der Waals surface area contributed by atoms with E-state index in [4.69, 9.17) is 14.2 Å². The predicted molar refractivity (Wildman–Crippen MR) is 275 cm³/mol. The van der Waals surface area contributed by atoms with Gasteiger partial charge in [0.05, 0.1) is 0 Å². The highest BCUT2D eigenvalue weighted by Crippen LogP contribution is 2.18. The molecule has 0 aromatic rings. The van der Waals surface area contributed by atoms with Crippen molar-refractivity contribution in [2.75, 3.05) is 13.2 Å². The van der Waals surface area contributed by atoms with Crippen LogP contribution in [-0.4, -0.2) is 37.2 Å². The van der Waals surface area contributed by atoms with Gasteiger partial charge in [-0.25, -0.2) is 0 Å². The molecule has 0 aliphatic heterocycles. The first kappa shape index (κ1) is 62.4. The van der Waals surface area contributed by atoms with Gasteiger partial charge in [-0.1, -0.05) is 285 Å². The van der Waals surface area contributed by atoms with Crippen LogP contribution in [0.3, 0.4) is 0 Å². The molecule has 0 spiro atoms. The molecule has 0 aliphatic rings. The largest absolute Gasteiger partial charge is 0.462 e. The van der Waals surface area contributed by atoms with E-state index in [1.807, 2.05) is 0 Å². The quantitative estimate of drug-likeness (QED) is 0.0344. The second-order valence-electron chi connectivity index (χ2n) is 20.6. The van der Waals surface area contributed by atoms with Crippen molar-refractivity contribution in [2.45, 2.75) is 330 Å². The molecule has 0 radical (unpaired) electrons. The second kappa shape index (κ2) is 50.8. The SMILES string of the molecule is CCCCCCCCCCCCCCCCCC(=O)OC[C@@H](COC(=O)CCCCCCCCCCCCCCCCCCCCC(C)CC)OC(=O)CCCCCCCCC(C)C. The minimum absolute atomic E-state index is 0.0641. The third-order valence-electron chi connectivity index (χ3n) is 13.6. The summed E-state index contributed by atoms with van der Waals surface area (Å²) in [6.07, 6.45) is 54.0. The molecule has 0 fully saturated rings. The van der Waals surface area contributed by atoms with Crippen LogP contribution in [0, 0.1) is 11.8 Å². The summed E-state index contributed by atoms with van der Waals surface area (Å²) in [5, 5.41) is 0. The van der Waals surface area contributed by atoms with Crippen LogP contribution in [0.25, 0.3) is 0 Å². The van der Waals surface area contributed by atoms with Crippen LogP contribution in [0.5, 0.6) is 0 Å². The molecule has 0 rings (SSSR count). The van der Waals surface area contributed by atoms with E-state index < -0.39 is 6.10 Å². The number of carbonyl (C=O) groups excluding carboxylic acids is 3. The van der Waals surface area contributed by atoms with Crippen LogP contribution in [-0.2, 0) is 28.6 Å². The standard InChI is InChI=1S/C58H112O6/c1-6-8-9-10-11-12-13-14-19-23-26-29-32-38-43-48-56(59)62-51-55(64-58(61)50-45-40-35-34-36-41-46-53(3)4)52-63-57(60)49-44-39-33-30-27-24-21-18-16-15-17-20-22-25-28-31-37-42-47-54(5)7-2/h53-55H,6-52H2,1-5H3/t54?,55-/m0/s1. The molecule has 380 valence electrons. The Balaban J connectivity index is 4.15. The minimum Gasteiger partial charge on any atom is -0.462 e. The van der Waals surface area contributed by atoms with E-state index in [0.29, 0.717) is 19.3 Å². The first-order chi connectivity index (χ1) is 31.3. The van der Waals surface area contributed by atoms with E-state index in [1.165, 1.54) is 212 Å². The normalized spacial score (nSPS) is 12.5. The predicted octanol–water partition coefficient (Wildman–Crippen LogP) is 18.9. The molecule has 0 aromatic carbocycles. The highest BCUT2D eigenvalue weighted by atomic mass is 16.6. The van der Waals surface area contributed by atoms with Gasteiger partial charge in [0.25, 0.3) is 0 Å². The van der Waals surface area contributed by atoms with Gasteiger partial charge in [-0.05, 0) is 31.1 Å². The average molecular weight is 906 g/mol. The summed E-state index contributed by atoms with van der Waals surface area (Å²) in [5.41, 5.74) is 0. The van der Waals surface area contributed by atoms with Crippen LogP contribution in [0.2, 0.25) is 0 Å². The van der Waals surface area contributed by atoms with E-state index in [2.05, 4.69) is 34.6 Å². The molecule has 0 saturated heterocycles. The summed E-state index contributed by atoms with van der Waals surface area (Å²) < 4.78 is 16.8. The number of ether oxygens (including phenoxy) is 3. The average Bonchev–Trinajstić information content (AvgIpc) is 3.28. The summed E-state index contributed by atoms with van der Waals surface area (Å²) in [7, 11) is 0. The van der Waals surface area contributed by atoms with Gasteiger partial charge in [0, 0.05) is 19.3 Å². The zero-order chi connectivity index (χ0) is 46.8. The van der Waals surface area contributed by atoms with E-state index in [-0.39, 0.29) is 31.1 Å². The first-order valence-electron chi connectivity index (χ1n) is 28.8. The highest BCUT2D eigenvalue weighted by molar-refractivity contribution is 5.71. The first-order valence-corrected chi connectivity index (χ1v) is 28.8. The number of hydrogen-bond acceptors (Lipinski definition) is 6. The van der Waals surface area contributed by atoms with E-state index in [9.17, 15) is 14.4 Å². The van der Waals surface area contributed by atoms with Crippen molar-refractivity contribution in [3.8, 4) is 0 Å². The van der Waals surface area contributed by atoms with Crippen LogP contribution in [0.1, 0.15) is 324 Å². The summed E-state index contributed by atoms with van der Waals surface area (Å²) in [6.45, 7) is 11.4. The third kappa shape index (κ3) is 49.8. The molecule has 0 aliphatic carbocycles. The lowest BCUT2D eigenvalue weighted by Gasteiger charge is -2.18. The van der Waals surface area contributed by atoms with E-state index in [0.717, 1.165) is 69.6 Å². The Morgan fingerprint density at radius 3 is 0.891 bits per heavy atom. The Hall–Kier alpha value is -1.59. The molecule has 0 saturated carbocycles. The van der Waals surface area contributed by atoms with Crippen LogP contribution in [0.15, 0.2) is 0 Å². The Bertz CT molecular complexity index is 980. The summed E-state index contributed by atoms with van der Waals surface area (Å²) in [5.74, 6) is 0.822. The van der Waals surface area contributed by atoms with Gasteiger partial charge in [-0.3, -0.25) is 14.4 Å². The third-order valence-corrected chi connectivity index (χ3v) is 13.6. The molecular formula is C58H112O6. The van der Waals surface area contributed by atoms with E-state index >= 15 is 0 Å². The van der Waals surface area contributed by atoms with Gasteiger partial charge in [0.1, 0.15) is 13.2 Å². The Morgan fingerprint density at radius 1 is 0.328 bits per heavy atom. The monoisotopic (exact) mass is 905 g/mol. The maximum atomic E-state index is 12.8. The lowest BCUT2D eigenvalue weighted by molar-refractivity contribution is -0.167. The zero-order valence-electron chi connectivity index (χ0n) is 43.9. The number of unbranched alkanes of at least 4 members (excludes halogenated alkanes) is 36. The number of carbonyl (C=O) groups is 3. The maximum Gasteiger partial charge on any atom is 0.306 e. The maximum absolute atomic E-state index is 12.8. The summed E-state index contributed by atoms with van der Waals surface area (Å²) in [6, 6.07) is 0. The van der Waals surface area contributed by atoms with Crippen molar-refractivity contribution < 1.29 is 28.6 Å². The van der Waals surface area contributed by atoms with Crippen molar-refractivity contribution in [3.63, 3.8) is 0 Å². The van der Waals surface area contributed by atoms with Crippen molar-refractivity contribution >= 4 is 17.9 Å². The smallest absolute Gasteiger partial charge is 0.306 e. The van der Waals surface area contributed by atoms with Gasteiger partial charge in [-0.2, -0.15) is 0 Å². The topological polar surface area (TPSA) is 78.9 Å². The Kier molecular flexibility index (Phi) is 49.6. The molecule has 0 amide bonds.